The Kier molecular flexibility index (Phi) is 6.18. The highest BCUT2D eigenvalue weighted by atomic mass is 16.5. The smallest absolute Gasteiger partial charge is 0.291 e. The summed E-state index contributed by atoms with van der Waals surface area (Å²) >= 11 is 0. The molecule has 0 saturated carbocycles. The topological polar surface area (TPSA) is 55.6 Å². The summed E-state index contributed by atoms with van der Waals surface area (Å²) in [4.78, 5) is 18.7. The molecule has 128 valence electrons. The van der Waals surface area contributed by atoms with Crippen molar-refractivity contribution in [3.63, 3.8) is 0 Å². The molecule has 0 bridgehead atoms. The van der Waals surface area contributed by atoms with Gasteiger partial charge in [0.2, 0.25) is 5.76 Å². The van der Waals surface area contributed by atoms with Crippen LogP contribution in [0.25, 0.3) is 0 Å². The summed E-state index contributed by atoms with van der Waals surface area (Å²) in [7, 11) is 0. The van der Waals surface area contributed by atoms with Crippen molar-refractivity contribution in [3.8, 4) is 5.75 Å². The quantitative estimate of drug-likeness (QED) is 0.692. The van der Waals surface area contributed by atoms with Crippen molar-refractivity contribution in [3.05, 3.63) is 59.8 Å². The third kappa shape index (κ3) is 4.25. The van der Waals surface area contributed by atoms with E-state index in [1.807, 2.05) is 38.1 Å². The number of benzene rings is 1. The molecular formula is C19H24N2O3. The Labute approximate surface area is 142 Å². The Morgan fingerprint density at radius 1 is 1.42 bits per heavy atom. The van der Waals surface area contributed by atoms with Crippen molar-refractivity contribution >= 4 is 5.91 Å². The van der Waals surface area contributed by atoms with Crippen LogP contribution in [0.5, 0.6) is 5.75 Å². The van der Waals surface area contributed by atoms with Gasteiger partial charge in [-0.2, -0.15) is 0 Å². The number of carbonyl (C=O) groups excluding carboxylic acids is 1. The zero-order valence-electron chi connectivity index (χ0n) is 14.5. The number of aryl methyl sites for hydroxylation is 2. The van der Waals surface area contributed by atoms with Crippen LogP contribution >= 0.6 is 0 Å². The molecule has 1 aromatic carbocycles. The van der Waals surface area contributed by atoms with E-state index in [0.717, 1.165) is 11.3 Å². The number of amides is 1. The van der Waals surface area contributed by atoms with Crippen LogP contribution in [0.2, 0.25) is 0 Å². The first-order chi connectivity index (χ1) is 11.6. The fourth-order valence-corrected chi connectivity index (χ4v) is 2.38. The number of hydrogen-bond acceptors (Lipinski definition) is 4. The third-order valence-electron chi connectivity index (χ3n) is 3.65. The van der Waals surface area contributed by atoms with E-state index in [4.69, 9.17) is 9.15 Å². The summed E-state index contributed by atoms with van der Waals surface area (Å²) in [5.41, 5.74) is 1.64. The van der Waals surface area contributed by atoms with Crippen molar-refractivity contribution in [1.82, 2.24) is 9.88 Å². The molecule has 0 fully saturated rings. The number of aromatic nitrogens is 1. The molecule has 0 saturated heterocycles. The van der Waals surface area contributed by atoms with Crippen molar-refractivity contribution in [2.24, 2.45) is 0 Å². The molecule has 0 N–H and O–H groups in total. The maximum absolute atomic E-state index is 12.7. The van der Waals surface area contributed by atoms with Gasteiger partial charge < -0.3 is 14.1 Å². The molecule has 1 aromatic heterocycles. The van der Waals surface area contributed by atoms with Gasteiger partial charge >= 0.3 is 0 Å². The molecule has 0 aliphatic carbocycles. The van der Waals surface area contributed by atoms with Crippen molar-refractivity contribution < 1.29 is 13.9 Å². The van der Waals surface area contributed by atoms with Gasteiger partial charge in [-0.3, -0.25) is 4.79 Å². The van der Waals surface area contributed by atoms with Crippen molar-refractivity contribution in [2.75, 3.05) is 13.2 Å². The van der Waals surface area contributed by atoms with Gasteiger partial charge in [-0.15, -0.1) is 0 Å². The first kappa shape index (κ1) is 17.8. The molecule has 0 aliphatic heterocycles. The molecule has 24 heavy (non-hydrogen) atoms. The molecule has 1 amide bonds. The Hall–Kier alpha value is -2.56. The van der Waals surface area contributed by atoms with Gasteiger partial charge in [0.25, 0.3) is 5.91 Å². The number of nitrogens with zero attached hydrogens (tertiary/aromatic N) is 2. The molecule has 2 aromatic rings. The molecule has 0 unspecified atom stereocenters. The highest BCUT2D eigenvalue weighted by molar-refractivity contribution is 5.92. The van der Waals surface area contributed by atoms with Gasteiger partial charge in [0.05, 0.1) is 5.69 Å². The largest absolute Gasteiger partial charge is 0.490 e. The minimum absolute atomic E-state index is 0.139. The van der Waals surface area contributed by atoms with E-state index in [9.17, 15) is 4.79 Å². The Morgan fingerprint density at radius 3 is 2.83 bits per heavy atom. The molecule has 2 rings (SSSR count). The van der Waals surface area contributed by atoms with Crippen LogP contribution in [0.3, 0.4) is 0 Å². The normalized spacial score (nSPS) is 10.5. The molecule has 5 nitrogen and oxygen atoms in total. The standard InChI is InChI=1S/C19H24N2O3/c1-5-11-23-16-10-8-9-15(12-16)13-21(7-3)19(22)18-14(4)20-17(6-2)24-18/h5,8-10,12H,1,6-7,11,13H2,2-4H3. The molecular weight excluding hydrogens is 304 g/mol. The summed E-state index contributed by atoms with van der Waals surface area (Å²) in [6, 6.07) is 7.71. The minimum atomic E-state index is -0.139. The summed E-state index contributed by atoms with van der Waals surface area (Å²) in [5, 5.41) is 0. The number of carbonyl (C=O) groups is 1. The molecule has 1 heterocycles. The third-order valence-corrected chi connectivity index (χ3v) is 3.65. The summed E-state index contributed by atoms with van der Waals surface area (Å²) in [5.74, 6) is 1.54. The van der Waals surface area contributed by atoms with Gasteiger partial charge in [0.15, 0.2) is 5.89 Å². The second-order valence-electron chi connectivity index (χ2n) is 5.44. The number of rotatable bonds is 8. The van der Waals surface area contributed by atoms with E-state index in [2.05, 4.69) is 11.6 Å². The summed E-state index contributed by atoms with van der Waals surface area (Å²) in [6.07, 6.45) is 2.37. The fraction of sp³-hybridized carbons (Fsp3) is 0.368. The van der Waals surface area contributed by atoms with Crippen molar-refractivity contribution in [2.45, 2.75) is 33.7 Å². The Balaban J connectivity index is 2.15. The van der Waals surface area contributed by atoms with Crippen LogP contribution in [0, 0.1) is 6.92 Å². The molecule has 5 heteroatoms. The average Bonchev–Trinajstić information content (AvgIpc) is 2.98. The zero-order chi connectivity index (χ0) is 17.5. The average molecular weight is 328 g/mol. The predicted molar refractivity (Wildman–Crippen MR) is 93.2 cm³/mol. The molecule has 0 spiro atoms. The van der Waals surface area contributed by atoms with Gasteiger partial charge in [0, 0.05) is 19.5 Å². The van der Waals surface area contributed by atoms with E-state index < -0.39 is 0 Å². The SMILES string of the molecule is C=CCOc1cccc(CN(CC)C(=O)c2oc(CC)nc2C)c1. The Bertz CT molecular complexity index is 706. The lowest BCUT2D eigenvalue weighted by atomic mass is 10.2. The minimum Gasteiger partial charge on any atom is -0.490 e. The van der Waals surface area contributed by atoms with Gasteiger partial charge in [-0.05, 0) is 31.5 Å². The molecule has 0 atom stereocenters. The lowest BCUT2D eigenvalue weighted by Crippen LogP contribution is -2.30. The second-order valence-corrected chi connectivity index (χ2v) is 5.44. The lowest BCUT2D eigenvalue weighted by molar-refractivity contribution is 0.0717. The predicted octanol–water partition coefficient (Wildman–Crippen LogP) is 3.77. The first-order valence-corrected chi connectivity index (χ1v) is 8.17. The fourth-order valence-electron chi connectivity index (χ4n) is 2.38. The maximum atomic E-state index is 12.7. The summed E-state index contributed by atoms with van der Waals surface area (Å²) < 4.78 is 11.1. The Morgan fingerprint density at radius 2 is 2.21 bits per heavy atom. The van der Waals surface area contributed by atoms with Gasteiger partial charge in [-0.1, -0.05) is 31.7 Å². The van der Waals surface area contributed by atoms with Gasteiger partial charge in [-0.25, -0.2) is 4.98 Å². The number of hydrogen-bond donors (Lipinski definition) is 0. The van der Waals surface area contributed by atoms with E-state index >= 15 is 0 Å². The number of oxazole rings is 1. The summed E-state index contributed by atoms with van der Waals surface area (Å²) in [6.45, 7) is 10.9. The monoisotopic (exact) mass is 328 g/mol. The van der Waals surface area contributed by atoms with Crippen LogP contribution in [0.15, 0.2) is 41.3 Å². The van der Waals surface area contributed by atoms with Gasteiger partial charge in [0.1, 0.15) is 12.4 Å². The highest BCUT2D eigenvalue weighted by Crippen LogP contribution is 2.18. The van der Waals surface area contributed by atoms with Crippen LogP contribution in [-0.2, 0) is 13.0 Å². The van der Waals surface area contributed by atoms with Crippen LogP contribution < -0.4 is 4.74 Å². The number of ether oxygens (including phenoxy) is 1. The van der Waals surface area contributed by atoms with E-state index in [-0.39, 0.29) is 5.91 Å². The van der Waals surface area contributed by atoms with Crippen LogP contribution in [-0.4, -0.2) is 28.9 Å². The van der Waals surface area contributed by atoms with E-state index in [1.54, 1.807) is 17.9 Å². The zero-order valence-corrected chi connectivity index (χ0v) is 14.5. The highest BCUT2D eigenvalue weighted by Gasteiger charge is 2.22. The van der Waals surface area contributed by atoms with Crippen molar-refractivity contribution in [1.29, 1.82) is 0 Å². The lowest BCUT2D eigenvalue weighted by Gasteiger charge is -2.20. The van der Waals surface area contributed by atoms with E-state index in [1.165, 1.54) is 0 Å². The molecule has 0 aliphatic rings. The maximum Gasteiger partial charge on any atom is 0.291 e. The molecule has 0 radical (unpaired) electrons. The van der Waals surface area contributed by atoms with Crippen LogP contribution in [0.4, 0.5) is 0 Å². The van der Waals surface area contributed by atoms with E-state index in [0.29, 0.717) is 43.5 Å². The van der Waals surface area contributed by atoms with Crippen LogP contribution in [0.1, 0.15) is 41.6 Å². The first-order valence-electron chi connectivity index (χ1n) is 8.17. The second kappa shape index (κ2) is 8.34.